The van der Waals surface area contributed by atoms with Gasteiger partial charge in [-0.2, -0.15) is 0 Å². The summed E-state index contributed by atoms with van der Waals surface area (Å²) in [5, 5.41) is 6.00. The number of H-pyrrole nitrogens is 1. The van der Waals surface area contributed by atoms with E-state index in [0.29, 0.717) is 6.54 Å². The number of aromatic nitrogens is 3. The van der Waals surface area contributed by atoms with E-state index in [9.17, 15) is 4.79 Å². The highest BCUT2D eigenvalue weighted by atomic mass is 16.1. The van der Waals surface area contributed by atoms with Crippen molar-refractivity contribution in [2.75, 3.05) is 18.9 Å². The summed E-state index contributed by atoms with van der Waals surface area (Å²) in [6, 6.07) is 7.84. The van der Waals surface area contributed by atoms with E-state index in [1.807, 2.05) is 38.2 Å². The number of hydrogen-bond donors (Lipinski definition) is 3. The molecule has 4 rings (SSSR count). The number of aromatic amines is 1. The molecule has 0 bridgehead atoms. The second-order valence-electron chi connectivity index (χ2n) is 6.20. The Morgan fingerprint density at radius 1 is 1.25 bits per heavy atom. The largest absolute Gasteiger partial charge is 0.372 e. The lowest BCUT2D eigenvalue weighted by atomic mass is 9.99. The van der Waals surface area contributed by atoms with E-state index in [1.54, 1.807) is 0 Å². The third-order valence-electron chi connectivity index (χ3n) is 4.55. The van der Waals surface area contributed by atoms with Crippen LogP contribution in [-0.2, 0) is 0 Å². The molecule has 1 aliphatic heterocycles. The van der Waals surface area contributed by atoms with Crippen LogP contribution in [0.2, 0.25) is 0 Å². The molecule has 24 heavy (non-hydrogen) atoms. The molecule has 1 aromatic carbocycles. The van der Waals surface area contributed by atoms with E-state index in [4.69, 9.17) is 4.98 Å². The molecule has 1 aliphatic rings. The average molecular weight is 321 g/mol. The van der Waals surface area contributed by atoms with Gasteiger partial charge in [0.15, 0.2) is 0 Å². The van der Waals surface area contributed by atoms with Crippen LogP contribution in [0.5, 0.6) is 0 Å². The zero-order chi connectivity index (χ0) is 16.8. The third kappa shape index (κ3) is 2.14. The zero-order valence-corrected chi connectivity index (χ0v) is 13.9. The number of rotatable bonds is 2. The summed E-state index contributed by atoms with van der Waals surface area (Å²) >= 11 is 0. The number of nitrogens with zero attached hydrogens (tertiary/aromatic N) is 2. The van der Waals surface area contributed by atoms with Crippen LogP contribution in [0.1, 0.15) is 34.6 Å². The fourth-order valence-corrected chi connectivity index (χ4v) is 3.25. The molecule has 0 aliphatic carbocycles. The quantitative estimate of drug-likeness (QED) is 0.678. The van der Waals surface area contributed by atoms with E-state index in [0.717, 1.165) is 45.1 Å². The van der Waals surface area contributed by atoms with Crippen LogP contribution in [0.15, 0.2) is 24.3 Å². The number of aryl methyl sites for hydroxylation is 1. The number of carbonyl (C=O) groups excluding carboxylic acids is 1. The molecule has 0 saturated heterocycles. The van der Waals surface area contributed by atoms with E-state index >= 15 is 0 Å². The third-order valence-corrected chi connectivity index (χ3v) is 4.55. The van der Waals surface area contributed by atoms with Gasteiger partial charge in [-0.15, -0.1) is 0 Å². The molecule has 3 aromatic rings. The molecule has 1 amide bonds. The Labute approximate surface area is 139 Å². The van der Waals surface area contributed by atoms with Crippen molar-refractivity contribution in [1.82, 2.24) is 20.3 Å². The highest BCUT2D eigenvalue weighted by molar-refractivity contribution is 6.00. The first-order valence-electron chi connectivity index (χ1n) is 8.05. The van der Waals surface area contributed by atoms with Crippen molar-refractivity contribution >= 4 is 22.8 Å². The SMILES string of the molecule is CNc1nc2c(-c3cc4c([nH]3)C(C)CNC4=O)cccc2nc1C. The van der Waals surface area contributed by atoms with Gasteiger partial charge in [0.25, 0.3) is 5.91 Å². The average Bonchev–Trinajstić information content (AvgIpc) is 3.03. The summed E-state index contributed by atoms with van der Waals surface area (Å²) in [6.07, 6.45) is 0. The maximum absolute atomic E-state index is 12.1. The Morgan fingerprint density at radius 3 is 2.83 bits per heavy atom. The number of anilines is 1. The smallest absolute Gasteiger partial charge is 0.253 e. The predicted molar refractivity (Wildman–Crippen MR) is 94.4 cm³/mol. The molecule has 0 saturated carbocycles. The van der Waals surface area contributed by atoms with Crippen LogP contribution in [0, 0.1) is 6.92 Å². The maximum atomic E-state index is 12.1. The molecule has 2 aromatic heterocycles. The van der Waals surface area contributed by atoms with Crippen LogP contribution >= 0.6 is 0 Å². The van der Waals surface area contributed by atoms with Crippen molar-refractivity contribution in [2.24, 2.45) is 0 Å². The molecule has 3 heterocycles. The van der Waals surface area contributed by atoms with Crippen molar-refractivity contribution in [1.29, 1.82) is 0 Å². The molecule has 0 spiro atoms. The van der Waals surface area contributed by atoms with Gasteiger partial charge in [0.2, 0.25) is 0 Å². The fraction of sp³-hybridized carbons (Fsp3) is 0.278. The van der Waals surface area contributed by atoms with Gasteiger partial charge >= 0.3 is 0 Å². The van der Waals surface area contributed by atoms with Crippen molar-refractivity contribution in [3.05, 3.63) is 41.2 Å². The molecule has 1 atom stereocenters. The van der Waals surface area contributed by atoms with E-state index in [-0.39, 0.29) is 11.8 Å². The van der Waals surface area contributed by atoms with E-state index in [2.05, 4.69) is 27.5 Å². The normalized spacial score (nSPS) is 16.8. The van der Waals surface area contributed by atoms with Crippen molar-refractivity contribution in [3.63, 3.8) is 0 Å². The fourth-order valence-electron chi connectivity index (χ4n) is 3.25. The predicted octanol–water partition coefficient (Wildman–Crippen LogP) is 2.82. The summed E-state index contributed by atoms with van der Waals surface area (Å²) in [6.45, 7) is 4.69. The Balaban J connectivity index is 1.94. The second-order valence-corrected chi connectivity index (χ2v) is 6.20. The molecule has 6 nitrogen and oxygen atoms in total. The number of amides is 1. The summed E-state index contributed by atoms with van der Waals surface area (Å²) < 4.78 is 0. The number of para-hydroxylation sites is 1. The maximum Gasteiger partial charge on any atom is 0.253 e. The lowest BCUT2D eigenvalue weighted by Gasteiger charge is -2.18. The topological polar surface area (TPSA) is 82.7 Å². The number of fused-ring (bicyclic) bond motifs is 2. The van der Waals surface area contributed by atoms with Gasteiger partial charge in [0, 0.05) is 36.5 Å². The molecule has 122 valence electrons. The highest BCUT2D eigenvalue weighted by Gasteiger charge is 2.25. The molecule has 1 unspecified atom stereocenters. The van der Waals surface area contributed by atoms with Gasteiger partial charge in [-0.25, -0.2) is 9.97 Å². The minimum absolute atomic E-state index is 0.0244. The summed E-state index contributed by atoms with van der Waals surface area (Å²) in [5.74, 6) is 1.00. The number of nitrogens with one attached hydrogen (secondary N) is 3. The standard InChI is InChI=1S/C18H19N5O/c1-9-8-20-18(24)12-7-14(22-15(9)12)11-5-4-6-13-16(11)23-17(19-3)10(2)21-13/h4-7,9,22H,8H2,1-3H3,(H,19,23)(H,20,24). The number of benzene rings is 1. The van der Waals surface area contributed by atoms with Crippen molar-refractivity contribution < 1.29 is 4.79 Å². The first-order chi connectivity index (χ1) is 11.6. The highest BCUT2D eigenvalue weighted by Crippen LogP contribution is 2.32. The lowest BCUT2D eigenvalue weighted by Crippen LogP contribution is -2.33. The number of carbonyl (C=O) groups is 1. The van der Waals surface area contributed by atoms with Crippen molar-refractivity contribution in [2.45, 2.75) is 19.8 Å². The first kappa shape index (κ1) is 14.7. The number of hydrogen-bond acceptors (Lipinski definition) is 4. The van der Waals surface area contributed by atoms with Gasteiger partial charge in [-0.3, -0.25) is 4.79 Å². The van der Waals surface area contributed by atoms with Gasteiger partial charge in [0.1, 0.15) is 11.3 Å². The molecular weight excluding hydrogens is 302 g/mol. The summed E-state index contributed by atoms with van der Waals surface area (Å²) in [7, 11) is 1.84. The lowest BCUT2D eigenvalue weighted by molar-refractivity contribution is 0.0941. The van der Waals surface area contributed by atoms with Crippen LogP contribution in [0.25, 0.3) is 22.3 Å². The van der Waals surface area contributed by atoms with Crippen LogP contribution < -0.4 is 10.6 Å². The summed E-state index contributed by atoms with van der Waals surface area (Å²) in [4.78, 5) is 24.9. The Morgan fingerprint density at radius 2 is 2.08 bits per heavy atom. The van der Waals surface area contributed by atoms with Crippen LogP contribution in [-0.4, -0.2) is 34.5 Å². The van der Waals surface area contributed by atoms with Gasteiger partial charge in [-0.05, 0) is 19.1 Å². The minimum atomic E-state index is -0.0244. The minimum Gasteiger partial charge on any atom is -0.372 e. The summed E-state index contributed by atoms with van der Waals surface area (Å²) in [5.41, 5.74) is 6.07. The van der Waals surface area contributed by atoms with Gasteiger partial charge in [-0.1, -0.05) is 19.1 Å². The van der Waals surface area contributed by atoms with Gasteiger partial charge < -0.3 is 15.6 Å². The zero-order valence-electron chi connectivity index (χ0n) is 13.9. The monoisotopic (exact) mass is 321 g/mol. The molecule has 6 heteroatoms. The van der Waals surface area contributed by atoms with Gasteiger partial charge in [0.05, 0.1) is 16.8 Å². The molecule has 3 N–H and O–H groups in total. The van der Waals surface area contributed by atoms with Crippen LogP contribution in [0.4, 0.5) is 5.82 Å². The van der Waals surface area contributed by atoms with Crippen molar-refractivity contribution in [3.8, 4) is 11.3 Å². The molecular formula is C18H19N5O. The van der Waals surface area contributed by atoms with Crippen LogP contribution in [0.3, 0.4) is 0 Å². The molecule has 0 radical (unpaired) electrons. The Kier molecular flexibility index (Phi) is 3.26. The second kappa shape index (κ2) is 5.33. The van der Waals surface area contributed by atoms with E-state index < -0.39 is 0 Å². The first-order valence-corrected chi connectivity index (χ1v) is 8.05. The molecule has 0 fully saturated rings. The van der Waals surface area contributed by atoms with E-state index in [1.165, 1.54) is 0 Å². The Bertz CT molecular complexity index is 959. The Hall–Kier alpha value is -2.89.